The van der Waals surface area contributed by atoms with Gasteiger partial charge in [0.15, 0.2) is 0 Å². The third-order valence-corrected chi connectivity index (χ3v) is 5.92. The molecule has 0 saturated heterocycles. The molecule has 0 bridgehead atoms. The van der Waals surface area contributed by atoms with Gasteiger partial charge >= 0.3 is 0 Å². The minimum absolute atomic E-state index is 0.323. The van der Waals surface area contributed by atoms with Crippen LogP contribution in [-0.2, 0) is 16.6 Å². The van der Waals surface area contributed by atoms with Crippen LogP contribution in [0.1, 0.15) is 25.8 Å². The first-order valence-electron chi connectivity index (χ1n) is 6.68. The van der Waals surface area contributed by atoms with Gasteiger partial charge in [0.1, 0.15) is 0 Å². The van der Waals surface area contributed by atoms with Crippen LogP contribution in [0.3, 0.4) is 0 Å². The van der Waals surface area contributed by atoms with E-state index < -0.39 is 10.0 Å². The van der Waals surface area contributed by atoms with E-state index in [1.54, 1.807) is 13.1 Å². The Bertz CT molecular complexity index is 544. The third kappa shape index (κ3) is 4.55. The van der Waals surface area contributed by atoms with E-state index >= 15 is 0 Å². The van der Waals surface area contributed by atoms with E-state index in [1.807, 2.05) is 19.2 Å². The van der Waals surface area contributed by atoms with Crippen LogP contribution in [0.5, 0.6) is 0 Å². The first kappa shape index (κ1) is 17.6. The zero-order valence-corrected chi connectivity index (χ0v) is 14.9. The van der Waals surface area contributed by atoms with E-state index in [-0.39, 0.29) is 0 Å². The van der Waals surface area contributed by atoms with Gasteiger partial charge in [-0.2, -0.15) is 0 Å². The van der Waals surface area contributed by atoms with Crippen molar-refractivity contribution in [3.63, 3.8) is 0 Å². The van der Waals surface area contributed by atoms with Crippen LogP contribution < -0.4 is 5.32 Å². The fraction of sp³-hybridized carbons (Fsp3) is 0.571. The van der Waals surface area contributed by atoms with Crippen molar-refractivity contribution in [1.29, 1.82) is 0 Å². The summed E-state index contributed by atoms with van der Waals surface area (Å²) >= 11 is 3.37. The van der Waals surface area contributed by atoms with Gasteiger partial charge in [-0.15, -0.1) is 0 Å². The number of hydrogen-bond donors (Lipinski definition) is 1. The Balaban J connectivity index is 2.97. The number of benzene rings is 1. The third-order valence-electron chi connectivity index (χ3n) is 3.09. The average Bonchev–Trinajstić information content (AvgIpc) is 2.35. The minimum atomic E-state index is -3.43. The molecule has 1 N–H and O–H groups in total. The molecule has 0 spiro atoms. The van der Waals surface area contributed by atoms with Crippen molar-refractivity contribution in [3.05, 3.63) is 28.2 Å². The number of halogens is 1. The molecule has 0 saturated carbocycles. The molecular formula is C14H23BrN2O2S. The van der Waals surface area contributed by atoms with Crippen LogP contribution in [0.2, 0.25) is 0 Å². The normalized spacial score (nSPS) is 12.3. The topological polar surface area (TPSA) is 49.4 Å². The van der Waals surface area contributed by atoms with Crippen LogP contribution in [-0.4, -0.2) is 33.4 Å². The second-order valence-corrected chi connectivity index (χ2v) is 8.17. The summed E-state index contributed by atoms with van der Waals surface area (Å²) in [6.07, 6.45) is 0.852. The van der Waals surface area contributed by atoms with Crippen LogP contribution in [0.25, 0.3) is 0 Å². The average molecular weight is 363 g/mol. The molecule has 1 aromatic rings. The smallest absolute Gasteiger partial charge is 0.243 e. The monoisotopic (exact) mass is 362 g/mol. The Morgan fingerprint density at radius 2 is 2.00 bits per heavy atom. The van der Waals surface area contributed by atoms with Crippen molar-refractivity contribution < 1.29 is 8.42 Å². The molecule has 0 aliphatic rings. The Labute approximate surface area is 130 Å². The molecule has 6 heteroatoms. The van der Waals surface area contributed by atoms with Gasteiger partial charge in [0.2, 0.25) is 10.0 Å². The molecule has 0 radical (unpaired) electrons. The molecule has 20 heavy (non-hydrogen) atoms. The summed E-state index contributed by atoms with van der Waals surface area (Å²) in [5, 5.41) is 3.04. The quantitative estimate of drug-likeness (QED) is 0.811. The van der Waals surface area contributed by atoms with Crippen LogP contribution >= 0.6 is 15.9 Å². The van der Waals surface area contributed by atoms with Gasteiger partial charge in [-0.1, -0.05) is 19.9 Å². The maximum Gasteiger partial charge on any atom is 0.243 e. The highest BCUT2D eigenvalue weighted by Crippen LogP contribution is 2.26. The van der Waals surface area contributed by atoms with Gasteiger partial charge in [-0.25, -0.2) is 12.7 Å². The lowest BCUT2D eigenvalue weighted by molar-refractivity contribution is 0.428. The molecule has 0 fully saturated rings. The lowest BCUT2D eigenvalue weighted by atomic mass is 10.1. The number of nitrogens with one attached hydrogen (secondary N) is 1. The maximum absolute atomic E-state index is 12.5. The summed E-state index contributed by atoms with van der Waals surface area (Å²) in [5.41, 5.74) is 1.04. The summed E-state index contributed by atoms with van der Waals surface area (Å²) in [6.45, 7) is 5.42. The molecule has 0 heterocycles. The SMILES string of the molecule is CNCc1ccc(S(=O)(=O)N(C)CCC(C)C)c(Br)c1. The molecular weight excluding hydrogens is 340 g/mol. The predicted molar refractivity (Wildman–Crippen MR) is 86.2 cm³/mol. The van der Waals surface area contributed by atoms with Crippen LogP contribution in [0.4, 0.5) is 0 Å². The molecule has 114 valence electrons. The molecule has 0 atom stereocenters. The maximum atomic E-state index is 12.5. The van der Waals surface area contributed by atoms with Gasteiger partial charge in [0.05, 0.1) is 4.90 Å². The fourth-order valence-electron chi connectivity index (χ4n) is 1.80. The van der Waals surface area contributed by atoms with Crippen molar-refractivity contribution in [3.8, 4) is 0 Å². The van der Waals surface area contributed by atoms with E-state index in [0.717, 1.165) is 12.0 Å². The molecule has 0 aliphatic heterocycles. The number of nitrogens with zero attached hydrogens (tertiary/aromatic N) is 1. The lowest BCUT2D eigenvalue weighted by Gasteiger charge is -2.19. The molecule has 4 nitrogen and oxygen atoms in total. The Morgan fingerprint density at radius 1 is 1.35 bits per heavy atom. The summed E-state index contributed by atoms with van der Waals surface area (Å²) in [5.74, 6) is 0.481. The molecule has 0 unspecified atom stereocenters. The van der Waals surface area contributed by atoms with Crippen molar-refractivity contribution >= 4 is 26.0 Å². The minimum Gasteiger partial charge on any atom is -0.316 e. The molecule has 0 aromatic heterocycles. The zero-order valence-electron chi connectivity index (χ0n) is 12.5. The van der Waals surface area contributed by atoms with Gasteiger partial charge in [-0.3, -0.25) is 0 Å². The van der Waals surface area contributed by atoms with E-state index in [9.17, 15) is 8.42 Å². The summed E-state index contributed by atoms with van der Waals surface area (Å²) in [7, 11) is 0.0590. The molecule has 0 amide bonds. The highest BCUT2D eigenvalue weighted by atomic mass is 79.9. The standard InChI is InChI=1S/C14H23BrN2O2S/c1-11(2)7-8-17(4)20(18,19)14-6-5-12(10-16-3)9-13(14)15/h5-6,9,11,16H,7-8,10H2,1-4H3. The van der Waals surface area contributed by atoms with E-state index in [0.29, 0.717) is 28.4 Å². The van der Waals surface area contributed by atoms with Crippen molar-refractivity contribution in [2.45, 2.75) is 31.7 Å². The fourth-order valence-corrected chi connectivity index (χ4v) is 4.06. The Morgan fingerprint density at radius 3 is 2.50 bits per heavy atom. The van der Waals surface area contributed by atoms with Gasteiger partial charge in [-0.05, 0) is 53.0 Å². The summed E-state index contributed by atoms with van der Waals surface area (Å²) < 4.78 is 27.1. The number of sulfonamides is 1. The van der Waals surface area contributed by atoms with Gasteiger partial charge in [0, 0.05) is 24.6 Å². The van der Waals surface area contributed by atoms with Gasteiger partial charge in [0.25, 0.3) is 0 Å². The molecule has 1 aromatic carbocycles. The van der Waals surface area contributed by atoms with Crippen molar-refractivity contribution in [2.24, 2.45) is 5.92 Å². The molecule has 0 aliphatic carbocycles. The highest BCUT2D eigenvalue weighted by Gasteiger charge is 2.23. The lowest BCUT2D eigenvalue weighted by Crippen LogP contribution is -2.29. The molecule has 1 rings (SSSR count). The van der Waals surface area contributed by atoms with E-state index in [2.05, 4.69) is 35.1 Å². The van der Waals surface area contributed by atoms with E-state index in [4.69, 9.17) is 0 Å². The zero-order chi connectivity index (χ0) is 15.3. The number of rotatable bonds is 7. The highest BCUT2D eigenvalue weighted by molar-refractivity contribution is 9.10. The Hall–Kier alpha value is -0.430. The van der Waals surface area contributed by atoms with Gasteiger partial charge < -0.3 is 5.32 Å². The summed E-state index contributed by atoms with van der Waals surface area (Å²) in [6, 6.07) is 5.35. The van der Waals surface area contributed by atoms with Crippen LogP contribution in [0, 0.1) is 5.92 Å². The van der Waals surface area contributed by atoms with Crippen molar-refractivity contribution in [2.75, 3.05) is 20.6 Å². The Kier molecular flexibility index (Phi) is 6.64. The predicted octanol–water partition coefficient (Wildman–Crippen LogP) is 2.84. The second kappa shape index (κ2) is 7.54. The second-order valence-electron chi connectivity index (χ2n) is 5.30. The largest absolute Gasteiger partial charge is 0.316 e. The van der Waals surface area contributed by atoms with Crippen molar-refractivity contribution in [1.82, 2.24) is 9.62 Å². The number of hydrogen-bond acceptors (Lipinski definition) is 3. The van der Waals surface area contributed by atoms with Crippen LogP contribution in [0.15, 0.2) is 27.6 Å². The first-order valence-corrected chi connectivity index (χ1v) is 8.91. The van der Waals surface area contributed by atoms with E-state index in [1.165, 1.54) is 4.31 Å². The summed E-state index contributed by atoms with van der Waals surface area (Å²) in [4.78, 5) is 0.323. The first-order chi connectivity index (χ1) is 9.28.